The van der Waals surface area contributed by atoms with Crippen LogP contribution in [-0.4, -0.2) is 60.8 Å². The Morgan fingerprint density at radius 1 is 1.16 bits per heavy atom. The van der Waals surface area contributed by atoms with Crippen LogP contribution in [0.2, 0.25) is 5.02 Å². The summed E-state index contributed by atoms with van der Waals surface area (Å²) in [7, 11) is 3.75. The molecule has 1 aromatic heterocycles. The minimum atomic E-state index is -0.395. The third kappa shape index (κ3) is 6.77. The maximum absolute atomic E-state index is 12.8. The normalized spacial score (nSPS) is 14.9. The Bertz CT molecular complexity index is 947. The third-order valence-electron chi connectivity index (χ3n) is 5.11. The van der Waals surface area contributed by atoms with Gasteiger partial charge < -0.3 is 20.4 Å². The van der Waals surface area contributed by atoms with Crippen LogP contribution in [0, 0.1) is 0 Å². The number of halogens is 1. The van der Waals surface area contributed by atoms with Gasteiger partial charge in [0.1, 0.15) is 5.82 Å². The van der Waals surface area contributed by atoms with Gasteiger partial charge in [-0.05, 0) is 63.3 Å². The number of anilines is 2. The number of nitrogens with zero attached hydrogens (tertiary/aromatic N) is 3. The molecule has 9 heteroatoms. The topological polar surface area (TPSA) is 94.6 Å². The number of nitrogens with one attached hydrogen (secondary N) is 2. The number of aromatic nitrogens is 1. The van der Waals surface area contributed by atoms with Gasteiger partial charge in [0.2, 0.25) is 11.8 Å². The van der Waals surface area contributed by atoms with Crippen LogP contribution in [0.4, 0.5) is 11.5 Å². The molecule has 32 heavy (non-hydrogen) atoms. The monoisotopic (exact) mass is 457 g/mol. The van der Waals surface area contributed by atoms with Crippen molar-refractivity contribution in [2.75, 3.05) is 37.4 Å². The lowest BCUT2D eigenvalue weighted by molar-refractivity contribution is -0.119. The van der Waals surface area contributed by atoms with Gasteiger partial charge in [0, 0.05) is 43.4 Å². The van der Waals surface area contributed by atoms with Crippen LogP contribution in [0.1, 0.15) is 36.0 Å². The molecule has 3 amide bonds. The summed E-state index contributed by atoms with van der Waals surface area (Å²) in [6.07, 6.45) is 4.01. The van der Waals surface area contributed by atoms with Crippen molar-refractivity contribution in [3.05, 3.63) is 53.2 Å². The van der Waals surface area contributed by atoms with E-state index in [9.17, 15) is 14.4 Å². The Kier molecular flexibility index (Phi) is 8.19. The molecule has 2 aromatic rings. The van der Waals surface area contributed by atoms with E-state index < -0.39 is 6.04 Å². The molecule has 1 fully saturated rings. The number of hydrogen-bond acceptors (Lipinski definition) is 5. The summed E-state index contributed by atoms with van der Waals surface area (Å²) in [6, 6.07) is 9.86. The average Bonchev–Trinajstić information content (AvgIpc) is 2.75. The fraction of sp³-hybridized carbons (Fsp3) is 0.391. The number of pyridine rings is 1. The highest BCUT2D eigenvalue weighted by atomic mass is 35.5. The van der Waals surface area contributed by atoms with Crippen LogP contribution >= 0.6 is 11.6 Å². The van der Waals surface area contributed by atoms with E-state index >= 15 is 0 Å². The predicted octanol–water partition coefficient (Wildman–Crippen LogP) is 2.94. The molecule has 1 atom stereocenters. The fourth-order valence-electron chi connectivity index (χ4n) is 3.61. The van der Waals surface area contributed by atoms with Crippen LogP contribution in [0.3, 0.4) is 0 Å². The zero-order chi connectivity index (χ0) is 23.1. The van der Waals surface area contributed by atoms with E-state index in [-0.39, 0.29) is 24.1 Å². The SMILES string of the molecule is CN(C)CC(CC(=O)Nc1ccc(Cl)cn1)NC(=O)c1ccc(N2CCCCC2=O)cc1. The maximum Gasteiger partial charge on any atom is 0.251 e. The predicted molar refractivity (Wildman–Crippen MR) is 125 cm³/mol. The zero-order valence-electron chi connectivity index (χ0n) is 18.3. The molecule has 8 nitrogen and oxygen atoms in total. The van der Waals surface area contributed by atoms with Crippen molar-refractivity contribution in [1.82, 2.24) is 15.2 Å². The first-order chi connectivity index (χ1) is 15.3. The third-order valence-corrected chi connectivity index (χ3v) is 5.34. The largest absolute Gasteiger partial charge is 0.347 e. The summed E-state index contributed by atoms with van der Waals surface area (Å²) in [5.74, 6) is -0.0189. The molecular formula is C23H28ClN5O3. The highest BCUT2D eigenvalue weighted by Crippen LogP contribution is 2.21. The van der Waals surface area contributed by atoms with Crippen molar-refractivity contribution in [1.29, 1.82) is 0 Å². The number of carbonyl (C=O) groups excluding carboxylic acids is 3. The second-order valence-electron chi connectivity index (χ2n) is 8.10. The van der Waals surface area contributed by atoms with E-state index in [4.69, 9.17) is 11.6 Å². The lowest BCUT2D eigenvalue weighted by Crippen LogP contribution is -2.43. The smallest absolute Gasteiger partial charge is 0.251 e. The highest BCUT2D eigenvalue weighted by molar-refractivity contribution is 6.30. The van der Waals surface area contributed by atoms with Crippen molar-refractivity contribution in [3.63, 3.8) is 0 Å². The molecule has 0 radical (unpaired) electrons. The molecule has 1 aromatic carbocycles. The molecule has 0 spiro atoms. The molecule has 1 aliphatic heterocycles. The number of hydrogen-bond donors (Lipinski definition) is 2. The second-order valence-corrected chi connectivity index (χ2v) is 8.53. The first-order valence-electron chi connectivity index (χ1n) is 10.6. The van der Waals surface area contributed by atoms with Crippen molar-refractivity contribution >= 4 is 40.8 Å². The van der Waals surface area contributed by atoms with Crippen LogP contribution in [0.5, 0.6) is 0 Å². The van der Waals surface area contributed by atoms with Gasteiger partial charge in [-0.1, -0.05) is 11.6 Å². The maximum atomic E-state index is 12.8. The average molecular weight is 458 g/mol. The highest BCUT2D eigenvalue weighted by Gasteiger charge is 2.21. The number of amides is 3. The summed E-state index contributed by atoms with van der Waals surface area (Å²) in [4.78, 5) is 45.1. The van der Waals surface area contributed by atoms with E-state index in [1.807, 2.05) is 19.0 Å². The molecule has 3 rings (SSSR count). The summed E-state index contributed by atoms with van der Waals surface area (Å²) >= 11 is 5.82. The van der Waals surface area contributed by atoms with Crippen LogP contribution in [0.15, 0.2) is 42.6 Å². The first-order valence-corrected chi connectivity index (χ1v) is 11.0. The van der Waals surface area contributed by atoms with Gasteiger partial charge in [0.25, 0.3) is 5.91 Å². The molecule has 170 valence electrons. The van der Waals surface area contributed by atoms with Gasteiger partial charge in [-0.25, -0.2) is 4.98 Å². The minimum absolute atomic E-state index is 0.0919. The van der Waals surface area contributed by atoms with E-state index in [1.165, 1.54) is 6.20 Å². The summed E-state index contributed by atoms with van der Waals surface area (Å²) in [5, 5.41) is 6.14. The Morgan fingerprint density at radius 3 is 2.53 bits per heavy atom. The van der Waals surface area contributed by atoms with Gasteiger partial charge in [0.05, 0.1) is 11.1 Å². The van der Waals surface area contributed by atoms with Gasteiger partial charge >= 0.3 is 0 Å². The Hall–Kier alpha value is -2.97. The van der Waals surface area contributed by atoms with Crippen molar-refractivity contribution in [2.45, 2.75) is 31.7 Å². The van der Waals surface area contributed by atoms with Gasteiger partial charge in [-0.3, -0.25) is 14.4 Å². The summed E-state index contributed by atoms with van der Waals surface area (Å²) < 4.78 is 0. The number of carbonyl (C=O) groups is 3. The van der Waals surface area contributed by atoms with Crippen molar-refractivity contribution in [2.24, 2.45) is 0 Å². The molecule has 2 N–H and O–H groups in total. The number of piperidine rings is 1. The molecule has 1 aliphatic rings. The van der Waals surface area contributed by atoms with Crippen LogP contribution in [-0.2, 0) is 9.59 Å². The Balaban J connectivity index is 1.61. The van der Waals surface area contributed by atoms with Gasteiger partial charge in [0.15, 0.2) is 0 Å². The lowest BCUT2D eigenvalue weighted by atomic mass is 10.1. The van der Waals surface area contributed by atoms with E-state index in [0.29, 0.717) is 35.9 Å². The summed E-state index contributed by atoms with van der Waals surface area (Å²) in [5.41, 5.74) is 1.27. The molecule has 1 saturated heterocycles. The molecule has 1 unspecified atom stereocenters. The van der Waals surface area contributed by atoms with E-state index in [0.717, 1.165) is 18.5 Å². The fourth-order valence-corrected chi connectivity index (χ4v) is 3.72. The van der Waals surface area contributed by atoms with Crippen LogP contribution in [0.25, 0.3) is 0 Å². The first kappa shape index (κ1) is 23.7. The molecule has 0 saturated carbocycles. The van der Waals surface area contributed by atoms with E-state index in [2.05, 4.69) is 15.6 Å². The van der Waals surface area contributed by atoms with Gasteiger partial charge in [-0.15, -0.1) is 0 Å². The van der Waals surface area contributed by atoms with Crippen molar-refractivity contribution in [3.8, 4) is 0 Å². The van der Waals surface area contributed by atoms with Crippen molar-refractivity contribution < 1.29 is 14.4 Å². The zero-order valence-corrected chi connectivity index (χ0v) is 19.1. The Labute approximate surface area is 192 Å². The molecule has 0 bridgehead atoms. The van der Waals surface area contributed by atoms with E-state index in [1.54, 1.807) is 41.3 Å². The molecular weight excluding hydrogens is 430 g/mol. The molecule has 2 heterocycles. The molecule has 0 aliphatic carbocycles. The minimum Gasteiger partial charge on any atom is -0.347 e. The Morgan fingerprint density at radius 2 is 1.91 bits per heavy atom. The number of rotatable bonds is 8. The quantitative estimate of drug-likeness (QED) is 0.635. The van der Waals surface area contributed by atoms with Gasteiger partial charge in [-0.2, -0.15) is 0 Å². The van der Waals surface area contributed by atoms with Crippen LogP contribution < -0.4 is 15.5 Å². The lowest BCUT2D eigenvalue weighted by Gasteiger charge is -2.27. The second kappa shape index (κ2) is 11.1. The number of likely N-dealkylation sites (N-methyl/N-ethyl adjacent to an activating group) is 1. The standard InChI is InChI=1S/C23H28ClN5O3/c1-28(2)15-18(13-21(30)27-20-11-8-17(24)14-25-20)26-23(32)16-6-9-19(10-7-16)29-12-4-3-5-22(29)31/h6-11,14,18H,3-5,12-13,15H2,1-2H3,(H,26,32)(H,25,27,30). The number of benzene rings is 1. The summed E-state index contributed by atoms with van der Waals surface area (Å²) in [6.45, 7) is 1.19.